The maximum absolute atomic E-state index is 13.0. The van der Waals surface area contributed by atoms with Gasteiger partial charge in [-0.3, -0.25) is 0 Å². The van der Waals surface area contributed by atoms with Gasteiger partial charge < -0.3 is 20.5 Å². The van der Waals surface area contributed by atoms with Crippen molar-refractivity contribution in [3.63, 3.8) is 0 Å². The minimum Gasteiger partial charge on any atom is -0.497 e. The van der Waals surface area contributed by atoms with Crippen LogP contribution in [0.5, 0.6) is 5.75 Å². The highest BCUT2D eigenvalue weighted by Gasteiger charge is 2.30. The lowest BCUT2D eigenvalue weighted by Crippen LogP contribution is -2.29. The van der Waals surface area contributed by atoms with Crippen molar-refractivity contribution in [3.8, 4) is 22.7 Å². The molecule has 9 heteroatoms. The van der Waals surface area contributed by atoms with E-state index >= 15 is 0 Å². The first kappa shape index (κ1) is 22.2. The fourth-order valence-corrected chi connectivity index (χ4v) is 3.29. The molecule has 0 bridgehead atoms. The first-order valence-electron chi connectivity index (χ1n) is 10.0. The summed E-state index contributed by atoms with van der Waals surface area (Å²) in [5.74, 6) is 1.05. The highest BCUT2D eigenvalue weighted by molar-refractivity contribution is 5.65. The second-order valence-electron chi connectivity index (χ2n) is 7.16. The van der Waals surface area contributed by atoms with E-state index in [9.17, 15) is 18.3 Å². The molecule has 4 rings (SSSR count). The molecule has 0 saturated heterocycles. The number of aromatic nitrogens is 2. The second kappa shape index (κ2) is 9.25. The number of hydrogen-bond acceptors (Lipinski definition) is 5. The lowest BCUT2D eigenvalue weighted by atomic mass is 10.1. The predicted octanol–water partition coefficient (Wildman–Crippen LogP) is 5.37. The number of aliphatic hydroxyl groups excluding tert-OH is 1. The molecule has 0 aliphatic heterocycles. The van der Waals surface area contributed by atoms with Crippen LogP contribution < -0.4 is 15.4 Å². The minimum absolute atomic E-state index is 0.112. The van der Waals surface area contributed by atoms with Crippen molar-refractivity contribution < 1.29 is 23.0 Å². The first-order chi connectivity index (χ1) is 15.8. The van der Waals surface area contributed by atoms with Crippen molar-refractivity contribution >= 4 is 11.5 Å². The molecule has 0 fully saturated rings. The van der Waals surface area contributed by atoms with Crippen LogP contribution in [0.3, 0.4) is 0 Å². The second-order valence-corrected chi connectivity index (χ2v) is 7.16. The van der Waals surface area contributed by atoms with Crippen LogP contribution in [0.15, 0.2) is 84.9 Å². The van der Waals surface area contributed by atoms with E-state index in [1.807, 2.05) is 36.4 Å². The van der Waals surface area contributed by atoms with Crippen molar-refractivity contribution in [2.24, 2.45) is 0 Å². The molecule has 1 unspecified atom stereocenters. The Kier molecular flexibility index (Phi) is 6.23. The van der Waals surface area contributed by atoms with Crippen molar-refractivity contribution in [2.75, 3.05) is 17.7 Å². The van der Waals surface area contributed by atoms with Crippen LogP contribution in [0.1, 0.15) is 5.56 Å². The topological polar surface area (TPSA) is 71.3 Å². The summed E-state index contributed by atoms with van der Waals surface area (Å²) < 4.78 is 45.8. The molecule has 0 spiro atoms. The molecule has 3 N–H and O–H groups in total. The summed E-state index contributed by atoms with van der Waals surface area (Å²) in [4.78, 5) is 0. The number of alkyl halides is 3. The van der Waals surface area contributed by atoms with E-state index in [1.165, 1.54) is 12.1 Å². The SMILES string of the molecule is COc1cccc(-n2nc(-c3ccccc3)cc2NC(O)Nc2cccc(C(F)(F)F)c2)c1. The summed E-state index contributed by atoms with van der Waals surface area (Å²) in [5, 5.41) is 20.7. The van der Waals surface area contributed by atoms with Crippen molar-refractivity contribution in [3.05, 3.63) is 90.5 Å². The van der Waals surface area contributed by atoms with Crippen molar-refractivity contribution in [1.29, 1.82) is 0 Å². The molecule has 0 aliphatic rings. The van der Waals surface area contributed by atoms with E-state index in [0.717, 1.165) is 17.7 Å². The molecular weight excluding hydrogens is 433 g/mol. The molecule has 1 aromatic heterocycles. The Labute approximate surface area is 188 Å². The Morgan fingerprint density at radius 3 is 2.39 bits per heavy atom. The van der Waals surface area contributed by atoms with E-state index in [2.05, 4.69) is 15.7 Å². The standard InChI is InChI=1S/C24H21F3N4O2/c1-33-20-12-6-11-19(14-20)31-22(15-21(30-31)16-7-3-2-4-8-16)29-23(32)28-18-10-5-9-17(13-18)24(25,26)27/h2-15,23,28-29,32H,1H3. The van der Waals surface area contributed by atoms with Gasteiger partial charge in [0.15, 0.2) is 0 Å². The highest BCUT2D eigenvalue weighted by Crippen LogP contribution is 2.31. The maximum atomic E-state index is 13.0. The normalized spacial score (nSPS) is 12.3. The number of nitrogens with one attached hydrogen (secondary N) is 2. The molecule has 0 amide bonds. The Balaban J connectivity index is 1.64. The Morgan fingerprint density at radius 1 is 0.909 bits per heavy atom. The minimum atomic E-state index is -4.48. The van der Waals surface area contributed by atoms with Crippen molar-refractivity contribution in [1.82, 2.24) is 9.78 Å². The molecule has 1 atom stereocenters. The molecule has 0 radical (unpaired) electrons. The predicted molar refractivity (Wildman–Crippen MR) is 120 cm³/mol. The van der Waals surface area contributed by atoms with E-state index in [0.29, 0.717) is 22.9 Å². The zero-order chi connectivity index (χ0) is 23.4. The molecule has 4 aromatic rings. The molecule has 3 aromatic carbocycles. The quantitative estimate of drug-likeness (QED) is 0.328. The fourth-order valence-electron chi connectivity index (χ4n) is 3.29. The third kappa shape index (κ3) is 5.27. The van der Waals surface area contributed by atoms with Crippen molar-refractivity contribution in [2.45, 2.75) is 12.5 Å². The Hall–Kier alpha value is -3.98. The molecule has 0 aliphatic carbocycles. The summed E-state index contributed by atoms with van der Waals surface area (Å²) in [6.07, 6.45) is -5.87. The number of anilines is 2. The van der Waals surface area contributed by atoms with Gasteiger partial charge in [-0.25, -0.2) is 4.68 Å². The summed E-state index contributed by atoms with van der Waals surface area (Å²) in [6.45, 7) is 0. The molecule has 170 valence electrons. The number of nitrogens with zero attached hydrogens (tertiary/aromatic N) is 2. The molecular formula is C24H21F3N4O2. The fraction of sp³-hybridized carbons (Fsp3) is 0.125. The number of benzene rings is 3. The van der Waals surface area contributed by atoms with Gasteiger partial charge >= 0.3 is 6.18 Å². The van der Waals surface area contributed by atoms with Crippen LogP contribution >= 0.6 is 0 Å². The van der Waals surface area contributed by atoms with Gasteiger partial charge in [-0.15, -0.1) is 0 Å². The Bertz CT molecular complexity index is 1230. The van der Waals surface area contributed by atoms with Gasteiger partial charge in [0.05, 0.1) is 24.1 Å². The number of halogens is 3. The maximum Gasteiger partial charge on any atom is 0.416 e. The third-order valence-electron chi connectivity index (χ3n) is 4.85. The molecule has 33 heavy (non-hydrogen) atoms. The smallest absolute Gasteiger partial charge is 0.416 e. The van der Waals surface area contributed by atoms with Gasteiger partial charge in [-0.1, -0.05) is 42.5 Å². The Morgan fingerprint density at radius 2 is 1.67 bits per heavy atom. The molecule has 1 heterocycles. The number of rotatable bonds is 7. The summed E-state index contributed by atoms with van der Waals surface area (Å²) in [6, 6.07) is 23.0. The van der Waals surface area contributed by atoms with Crippen LogP contribution in [0.25, 0.3) is 16.9 Å². The monoisotopic (exact) mass is 454 g/mol. The summed E-state index contributed by atoms with van der Waals surface area (Å²) >= 11 is 0. The molecule has 0 saturated carbocycles. The molecule has 6 nitrogen and oxygen atoms in total. The van der Waals surface area contributed by atoms with E-state index in [4.69, 9.17) is 4.74 Å². The summed E-state index contributed by atoms with van der Waals surface area (Å²) in [5.41, 5.74) is 1.48. The van der Waals surface area contributed by atoms with Gasteiger partial charge in [0.25, 0.3) is 0 Å². The largest absolute Gasteiger partial charge is 0.497 e. The van der Waals surface area contributed by atoms with Crippen LogP contribution in [0, 0.1) is 0 Å². The van der Waals surface area contributed by atoms with Crippen LogP contribution in [-0.2, 0) is 6.18 Å². The average Bonchev–Trinajstić information content (AvgIpc) is 3.23. The van der Waals surface area contributed by atoms with Gasteiger partial charge in [0.1, 0.15) is 11.6 Å². The van der Waals surface area contributed by atoms with Crippen LogP contribution in [0.4, 0.5) is 24.7 Å². The number of aliphatic hydroxyl groups is 1. The lowest BCUT2D eigenvalue weighted by Gasteiger charge is -2.18. The van der Waals surface area contributed by atoms with E-state index < -0.39 is 18.1 Å². The first-order valence-corrected chi connectivity index (χ1v) is 10.0. The third-order valence-corrected chi connectivity index (χ3v) is 4.85. The average molecular weight is 454 g/mol. The van der Waals surface area contributed by atoms with Crippen LogP contribution in [0.2, 0.25) is 0 Å². The lowest BCUT2D eigenvalue weighted by molar-refractivity contribution is -0.137. The zero-order valence-electron chi connectivity index (χ0n) is 17.5. The van der Waals surface area contributed by atoms with Crippen LogP contribution in [-0.4, -0.2) is 28.3 Å². The van der Waals surface area contributed by atoms with Gasteiger partial charge in [0, 0.05) is 23.4 Å². The number of methoxy groups -OCH3 is 1. The number of hydrogen-bond donors (Lipinski definition) is 3. The van der Waals surface area contributed by atoms with Gasteiger partial charge in [0.2, 0.25) is 6.35 Å². The zero-order valence-corrected chi connectivity index (χ0v) is 17.5. The van der Waals surface area contributed by atoms with E-state index in [1.54, 1.807) is 36.1 Å². The van der Waals surface area contributed by atoms with Gasteiger partial charge in [-0.05, 0) is 30.3 Å². The highest BCUT2D eigenvalue weighted by atomic mass is 19.4. The van der Waals surface area contributed by atoms with Gasteiger partial charge in [-0.2, -0.15) is 18.3 Å². The number of ether oxygens (including phenoxy) is 1. The summed E-state index contributed by atoms with van der Waals surface area (Å²) in [7, 11) is 1.56. The van der Waals surface area contributed by atoms with E-state index in [-0.39, 0.29) is 5.69 Å².